The molecule has 2 fully saturated rings. The average molecular weight is 410 g/mol. The number of hydrogen-bond donors (Lipinski definition) is 0. The first-order chi connectivity index (χ1) is 14.6. The molecule has 0 N–H and O–H groups in total. The summed E-state index contributed by atoms with van der Waals surface area (Å²) in [6.45, 7) is 2.25. The topological polar surface area (TPSA) is 55.3 Å². The van der Waals surface area contributed by atoms with E-state index < -0.39 is 0 Å². The molecular formula is C24H28FN3O2. The van der Waals surface area contributed by atoms with Gasteiger partial charge in [-0.1, -0.05) is 6.07 Å². The van der Waals surface area contributed by atoms with E-state index in [2.05, 4.69) is 9.97 Å². The van der Waals surface area contributed by atoms with Gasteiger partial charge in [0.15, 0.2) is 0 Å². The number of amides is 1. The zero-order valence-electron chi connectivity index (χ0n) is 17.2. The Hall–Kier alpha value is -2.34. The van der Waals surface area contributed by atoms with Crippen LogP contribution in [0.25, 0.3) is 0 Å². The van der Waals surface area contributed by atoms with E-state index in [9.17, 15) is 9.18 Å². The van der Waals surface area contributed by atoms with Gasteiger partial charge in [-0.2, -0.15) is 0 Å². The summed E-state index contributed by atoms with van der Waals surface area (Å²) in [7, 11) is 0. The lowest BCUT2D eigenvalue weighted by Gasteiger charge is -2.40. The van der Waals surface area contributed by atoms with Crippen LogP contribution in [0.2, 0.25) is 0 Å². The Morgan fingerprint density at radius 2 is 1.97 bits per heavy atom. The Balaban J connectivity index is 1.24. The van der Waals surface area contributed by atoms with Crippen LogP contribution < -0.4 is 0 Å². The van der Waals surface area contributed by atoms with Gasteiger partial charge in [0.1, 0.15) is 12.1 Å². The quantitative estimate of drug-likeness (QED) is 0.724. The zero-order chi connectivity index (χ0) is 20.6. The van der Waals surface area contributed by atoms with Crippen LogP contribution >= 0.6 is 0 Å². The fourth-order valence-corrected chi connectivity index (χ4v) is 5.05. The largest absolute Gasteiger partial charge is 0.373 e. The van der Waals surface area contributed by atoms with Gasteiger partial charge < -0.3 is 9.64 Å². The molecule has 6 heteroatoms. The molecule has 5 nitrogen and oxygen atoms in total. The van der Waals surface area contributed by atoms with Crippen LogP contribution in [-0.4, -0.2) is 40.5 Å². The van der Waals surface area contributed by atoms with Gasteiger partial charge in [0.05, 0.1) is 12.7 Å². The molecule has 0 bridgehead atoms. The molecule has 1 amide bonds. The minimum Gasteiger partial charge on any atom is -0.373 e. The van der Waals surface area contributed by atoms with Crippen LogP contribution in [0.4, 0.5) is 4.39 Å². The summed E-state index contributed by atoms with van der Waals surface area (Å²) in [5.74, 6) is 0.701. The van der Waals surface area contributed by atoms with Gasteiger partial charge in [0.2, 0.25) is 5.91 Å². The molecule has 30 heavy (non-hydrogen) atoms. The van der Waals surface area contributed by atoms with Gasteiger partial charge >= 0.3 is 0 Å². The van der Waals surface area contributed by atoms with Gasteiger partial charge in [0, 0.05) is 37.3 Å². The first kappa shape index (κ1) is 19.6. The molecule has 1 saturated heterocycles. The fraction of sp³-hybridized carbons (Fsp3) is 0.542. The van der Waals surface area contributed by atoms with Gasteiger partial charge in [0.25, 0.3) is 0 Å². The molecule has 1 aromatic carbocycles. The molecule has 1 saturated carbocycles. The van der Waals surface area contributed by atoms with Crippen molar-refractivity contribution in [3.63, 3.8) is 0 Å². The standard InChI is InChI=1S/C24H28FN3O2/c25-19-4-5-20-21(11-19)24(12-22(20)30-15-17-1-2-17)7-9-28(10-8-24)23(29)6-3-18-13-26-16-27-14-18/h4-5,11,13-14,16-17,22H,1-3,6-10,12,15H2. The van der Waals surface area contributed by atoms with Crippen LogP contribution in [0.3, 0.4) is 0 Å². The van der Waals surface area contributed by atoms with Crippen LogP contribution in [0.5, 0.6) is 0 Å². The SMILES string of the molecule is O=C(CCc1cncnc1)N1CCC2(CC1)CC(OCC1CC1)c1ccc(F)cc12. The molecule has 0 radical (unpaired) electrons. The minimum absolute atomic E-state index is 0.0570. The maximum Gasteiger partial charge on any atom is 0.222 e. The summed E-state index contributed by atoms with van der Waals surface area (Å²) in [6, 6.07) is 5.18. The number of hydrogen-bond acceptors (Lipinski definition) is 4. The summed E-state index contributed by atoms with van der Waals surface area (Å²) < 4.78 is 20.4. The molecular weight excluding hydrogens is 381 g/mol. The van der Waals surface area contributed by atoms with Crippen molar-refractivity contribution < 1.29 is 13.9 Å². The lowest BCUT2D eigenvalue weighted by molar-refractivity contribution is -0.132. The number of likely N-dealkylation sites (tertiary alicyclic amines) is 1. The molecule has 2 heterocycles. The number of rotatable bonds is 6. The summed E-state index contributed by atoms with van der Waals surface area (Å²) >= 11 is 0. The van der Waals surface area contributed by atoms with E-state index in [4.69, 9.17) is 4.74 Å². The number of benzene rings is 1. The van der Waals surface area contributed by atoms with E-state index >= 15 is 0 Å². The van der Waals surface area contributed by atoms with Crippen molar-refractivity contribution in [1.29, 1.82) is 0 Å². The number of fused-ring (bicyclic) bond motifs is 2. The van der Waals surface area contributed by atoms with Crippen LogP contribution in [0.15, 0.2) is 36.9 Å². The Bertz CT molecular complexity index is 908. The van der Waals surface area contributed by atoms with E-state index in [1.54, 1.807) is 24.5 Å². The number of carbonyl (C=O) groups excluding carboxylic acids is 1. The molecule has 2 aromatic rings. The number of piperidine rings is 1. The molecule has 158 valence electrons. The van der Waals surface area contributed by atoms with Crippen LogP contribution in [0, 0.1) is 11.7 Å². The van der Waals surface area contributed by atoms with E-state index in [0.717, 1.165) is 55.6 Å². The fourth-order valence-electron chi connectivity index (χ4n) is 5.05. The Kier molecular flexibility index (Phi) is 5.27. The Morgan fingerprint density at radius 3 is 2.70 bits per heavy atom. The predicted octanol–water partition coefficient (Wildman–Crippen LogP) is 3.98. The normalized spacial score (nSPS) is 22.3. The van der Waals surface area contributed by atoms with Gasteiger partial charge in [-0.05, 0) is 73.3 Å². The second kappa shape index (κ2) is 8.06. The summed E-state index contributed by atoms with van der Waals surface area (Å²) in [4.78, 5) is 22.7. The molecule has 5 rings (SSSR count). The summed E-state index contributed by atoms with van der Waals surface area (Å²) in [5.41, 5.74) is 3.17. The van der Waals surface area contributed by atoms with Crippen molar-refractivity contribution in [3.05, 3.63) is 59.4 Å². The zero-order valence-corrected chi connectivity index (χ0v) is 17.2. The smallest absolute Gasteiger partial charge is 0.222 e. The van der Waals surface area contributed by atoms with Crippen molar-refractivity contribution in [1.82, 2.24) is 14.9 Å². The molecule has 1 aliphatic heterocycles. The lowest BCUT2D eigenvalue weighted by atomic mass is 9.73. The Labute approximate surface area is 176 Å². The highest BCUT2D eigenvalue weighted by molar-refractivity contribution is 5.76. The van der Waals surface area contributed by atoms with Gasteiger partial charge in [-0.3, -0.25) is 4.79 Å². The van der Waals surface area contributed by atoms with Crippen molar-refractivity contribution in [3.8, 4) is 0 Å². The van der Waals surface area contributed by atoms with Gasteiger partial charge in [-0.15, -0.1) is 0 Å². The maximum absolute atomic E-state index is 14.1. The van der Waals surface area contributed by atoms with Crippen molar-refractivity contribution in [2.24, 2.45) is 5.92 Å². The second-order valence-electron chi connectivity index (χ2n) is 9.11. The highest BCUT2D eigenvalue weighted by atomic mass is 19.1. The lowest BCUT2D eigenvalue weighted by Crippen LogP contribution is -2.44. The van der Waals surface area contributed by atoms with Crippen molar-refractivity contribution >= 4 is 5.91 Å². The van der Waals surface area contributed by atoms with E-state index in [-0.39, 0.29) is 23.2 Å². The average Bonchev–Trinajstić information content (AvgIpc) is 3.56. The van der Waals surface area contributed by atoms with E-state index in [0.29, 0.717) is 18.8 Å². The van der Waals surface area contributed by atoms with Crippen LogP contribution in [-0.2, 0) is 21.4 Å². The van der Waals surface area contributed by atoms with Crippen molar-refractivity contribution in [2.75, 3.05) is 19.7 Å². The first-order valence-corrected chi connectivity index (χ1v) is 11.1. The number of nitrogens with zero attached hydrogens (tertiary/aromatic N) is 3. The monoisotopic (exact) mass is 409 g/mol. The molecule has 1 aromatic heterocycles. The molecule has 1 spiro atoms. The minimum atomic E-state index is -0.181. The molecule has 2 aliphatic carbocycles. The molecule has 1 unspecified atom stereocenters. The Morgan fingerprint density at radius 1 is 1.20 bits per heavy atom. The van der Waals surface area contributed by atoms with E-state index in [1.807, 2.05) is 11.0 Å². The number of aromatic nitrogens is 2. The number of halogens is 1. The van der Waals surface area contributed by atoms with Crippen molar-refractivity contribution in [2.45, 2.75) is 56.5 Å². The number of ether oxygens (including phenoxy) is 1. The predicted molar refractivity (Wildman–Crippen MR) is 110 cm³/mol. The third kappa shape index (κ3) is 3.97. The van der Waals surface area contributed by atoms with E-state index in [1.165, 1.54) is 19.2 Å². The molecule has 3 aliphatic rings. The highest BCUT2D eigenvalue weighted by Gasteiger charge is 2.47. The maximum atomic E-state index is 14.1. The van der Waals surface area contributed by atoms with Crippen LogP contribution in [0.1, 0.15) is 61.3 Å². The summed E-state index contributed by atoms with van der Waals surface area (Å²) in [6.07, 6.45) is 11.4. The number of carbonyl (C=O) groups is 1. The second-order valence-corrected chi connectivity index (χ2v) is 9.11. The first-order valence-electron chi connectivity index (χ1n) is 11.1. The van der Waals surface area contributed by atoms with Gasteiger partial charge in [-0.25, -0.2) is 14.4 Å². The third-order valence-corrected chi connectivity index (χ3v) is 7.05. The molecule has 1 atom stereocenters. The highest BCUT2D eigenvalue weighted by Crippen LogP contribution is 2.52. The number of aryl methyl sites for hydroxylation is 1. The third-order valence-electron chi connectivity index (χ3n) is 7.05. The summed E-state index contributed by atoms with van der Waals surface area (Å²) in [5, 5.41) is 0.